The fourth-order valence-electron chi connectivity index (χ4n) is 1.93. The van der Waals surface area contributed by atoms with Gasteiger partial charge in [0.1, 0.15) is 0 Å². The van der Waals surface area contributed by atoms with Crippen molar-refractivity contribution < 1.29 is 4.79 Å². The van der Waals surface area contributed by atoms with Crippen molar-refractivity contribution in [1.82, 2.24) is 15.1 Å². The zero-order valence-corrected chi connectivity index (χ0v) is 12.3. The van der Waals surface area contributed by atoms with Gasteiger partial charge in [0.15, 0.2) is 0 Å². The summed E-state index contributed by atoms with van der Waals surface area (Å²) in [7, 11) is 1.94. The van der Waals surface area contributed by atoms with Crippen molar-refractivity contribution in [3.63, 3.8) is 0 Å². The molecule has 0 aromatic carbocycles. The molecule has 104 valence electrons. The van der Waals surface area contributed by atoms with E-state index in [0.29, 0.717) is 6.54 Å². The largest absolute Gasteiger partial charge is 0.351 e. The van der Waals surface area contributed by atoms with Crippen molar-refractivity contribution in [1.29, 1.82) is 0 Å². The maximum absolute atomic E-state index is 11.5. The lowest BCUT2D eigenvalue weighted by atomic mass is 10.1. The molecule has 0 aliphatic heterocycles. The monoisotopic (exact) mass is 274 g/mol. The Labute approximate surface area is 115 Å². The molecule has 1 unspecified atom stereocenters. The Hall–Kier alpha value is -1.07. The number of aryl methyl sites for hydroxylation is 2. The lowest BCUT2D eigenvalue weighted by molar-refractivity contribution is -0.122. The second kappa shape index (κ2) is 7.38. The Morgan fingerprint density at radius 1 is 1.44 bits per heavy atom. The number of hydrogen-bond donors (Lipinski definition) is 2. The Morgan fingerprint density at radius 2 is 2.06 bits per heavy atom. The van der Waals surface area contributed by atoms with E-state index < -0.39 is 6.04 Å². The standard InChI is InChI=1S/C12H22N4O.ClH/c1-5-10-9(7-14-12(17)8(3)13)11(6-2)16(4)15-10;/h8H,5-7,13H2,1-4H3,(H,14,17);1H. The lowest BCUT2D eigenvalue weighted by Crippen LogP contribution is -2.38. The Bertz CT molecular complexity index is 401. The molecule has 1 aromatic heterocycles. The molecule has 0 aliphatic rings. The normalized spacial score (nSPS) is 11.8. The van der Waals surface area contributed by atoms with E-state index in [1.165, 1.54) is 5.69 Å². The van der Waals surface area contributed by atoms with Gasteiger partial charge in [0.25, 0.3) is 0 Å². The molecule has 0 fully saturated rings. The van der Waals surface area contributed by atoms with Crippen LogP contribution in [0, 0.1) is 0 Å². The van der Waals surface area contributed by atoms with Crippen LogP contribution < -0.4 is 11.1 Å². The summed E-state index contributed by atoms with van der Waals surface area (Å²) in [5.74, 6) is -0.127. The van der Waals surface area contributed by atoms with Gasteiger partial charge in [-0.3, -0.25) is 9.48 Å². The van der Waals surface area contributed by atoms with Gasteiger partial charge in [-0.15, -0.1) is 12.4 Å². The molecule has 6 heteroatoms. The minimum atomic E-state index is -0.471. The van der Waals surface area contributed by atoms with Gasteiger partial charge >= 0.3 is 0 Å². The SMILES string of the molecule is CCc1nn(C)c(CC)c1CNC(=O)C(C)N.Cl. The van der Waals surface area contributed by atoms with Crippen LogP contribution in [0.5, 0.6) is 0 Å². The number of nitrogens with one attached hydrogen (secondary N) is 1. The summed E-state index contributed by atoms with van der Waals surface area (Å²) in [5, 5.41) is 7.30. The number of nitrogens with two attached hydrogens (primary N) is 1. The fraction of sp³-hybridized carbons (Fsp3) is 0.667. The van der Waals surface area contributed by atoms with E-state index in [2.05, 4.69) is 24.3 Å². The molecule has 0 radical (unpaired) electrons. The summed E-state index contributed by atoms with van der Waals surface area (Å²) in [6.45, 7) is 6.35. The molecule has 0 aliphatic carbocycles. The minimum absolute atomic E-state index is 0. The van der Waals surface area contributed by atoms with Crippen LogP contribution >= 0.6 is 12.4 Å². The topological polar surface area (TPSA) is 72.9 Å². The molecular weight excluding hydrogens is 252 g/mol. The third kappa shape index (κ3) is 3.71. The summed E-state index contributed by atoms with van der Waals surface area (Å²) < 4.78 is 1.90. The molecule has 1 rings (SSSR count). The Morgan fingerprint density at radius 3 is 2.50 bits per heavy atom. The van der Waals surface area contributed by atoms with Crippen LogP contribution in [0.2, 0.25) is 0 Å². The van der Waals surface area contributed by atoms with Crippen molar-refractivity contribution in [3.05, 3.63) is 17.0 Å². The van der Waals surface area contributed by atoms with Crippen LogP contribution in [-0.4, -0.2) is 21.7 Å². The van der Waals surface area contributed by atoms with E-state index in [9.17, 15) is 4.79 Å². The first-order valence-corrected chi connectivity index (χ1v) is 6.08. The van der Waals surface area contributed by atoms with E-state index >= 15 is 0 Å². The van der Waals surface area contributed by atoms with Gasteiger partial charge < -0.3 is 11.1 Å². The first kappa shape index (κ1) is 16.9. The number of carbonyl (C=O) groups excluding carboxylic acids is 1. The number of rotatable bonds is 5. The molecule has 0 spiro atoms. The molecule has 0 bridgehead atoms. The lowest BCUT2D eigenvalue weighted by Gasteiger charge is -2.09. The predicted octanol–water partition coefficient (Wildman–Crippen LogP) is 0.930. The van der Waals surface area contributed by atoms with E-state index in [1.807, 2.05) is 11.7 Å². The van der Waals surface area contributed by atoms with Gasteiger partial charge in [-0.05, 0) is 19.8 Å². The van der Waals surface area contributed by atoms with Crippen LogP contribution in [0.4, 0.5) is 0 Å². The molecular formula is C12H23ClN4O. The summed E-state index contributed by atoms with van der Waals surface area (Å²) in [4.78, 5) is 11.5. The maximum atomic E-state index is 11.5. The highest BCUT2D eigenvalue weighted by Crippen LogP contribution is 2.15. The average molecular weight is 275 g/mol. The number of aromatic nitrogens is 2. The number of halogens is 1. The number of hydrogen-bond acceptors (Lipinski definition) is 3. The van der Waals surface area contributed by atoms with Crippen molar-refractivity contribution in [2.45, 2.75) is 46.2 Å². The number of amides is 1. The highest BCUT2D eigenvalue weighted by atomic mass is 35.5. The molecule has 5 nitrogen and oxygen atoms in total. The van der Waals surface area contributed by atoms with E-state index in [0.717, 1.165) is 24.1 Å². The average Bonchev–Trinajstić information content (AvgIpc) is 2.61. The van der Waals surface area contributed by atoms with E-state index in [1.54, 1.807) is 6.92 Å². The van der Waals surface area contributed by atoms with Crippen molar-refractivity contribution in [2.75, 3.05) is 0 Å². The van der Waals surface area contributed by atoms with Crippen molar-refractivity contribution in [3.8, 4) is 0 Å². The minimum Gasteiger partial charge on any atom is -0.351 e. The van der Waals surface area contributed by atoms with E-state index in [-0.39, 0.29) is 18.3 Å². The third-order valence-electron chi connectivity index (χ3n) is 2.88. The molecule has 1 amide bonds. The summed E-state index contributed by atoms with van der Waals surface area (Å²) in [6, 6.07) is -0.471. The van der Waals surface area contributed by atoms with Gasteiger partial charge in [0.2, 0.25) is 5.91 Å². The molecule has 0 saturated heterocycles. The molecule has 1 aromatic rings. The molecule has 1 atom stereocenters. The van der Waals surface area contributed by atoms with Crippen LogP contribution in [-0.2, 0) is 31.2 Å². The molecule has 3 N–H and O–H groups in total. The fourth-order valence-corrected chi connectivity index (χ4v) is 1.93. The maximum Gasteiger partial charge on any atom is 0.236 e. The summed E-state index contributed by atoms with van der Waals surface area (Å²) >= 11 is 0. The Kier molecular flexibility index (Phi) is 6.94. The second-order valence-corrected chi connectivity index (χ2v) is 4.21. The van der Waals surface area contributed by atoms with Gasteiger partial charge in [-0.25, -0.2) is 0 Å². The first-order valence-electron chi connectivity index (χ1n) is 6.08. The van der Waals surface area contributed by atoms with Crippen LogP contribution in [0.3, 0.4) is 0 Å². The third-order valence-corrected chi connectivity index (χ3v) is 2.88. The zero-order chi connectivity index (χ0) is 13.0. The number of nitrogens with zero attached hydrogens (tertiary/aromatic N) is 2. The second-order valence-electron chi connectivity index (χ2n) is 4.21. The Balaban J connectivity index is 0.00000289. The van der Waals surface area contributed by atoms with Crippen LogP contribution in [0.15, 0.2) is 0 Å². The zero-order valence-electron chi connectivity index (χ0n) is 11.5. The molecule has 18 heavy (non-hydrogen) atoms. The highest BCUT2D eigenvalue weighted by Gasteiger charge is 2.15. The smallest absolute Gasteiger partial charge is 0.236 e. The van der Waals surface area contributed by atoms with Crippen LogP contribution in [0.1, 0.15) is 37.7 Å². The summed E-state index contributed by atoms with van der Waals surface area (Å²) in [5.41, 5.74) is 8.87. The van der Waals surface area contributed by atoms with Crippen LogP contribution in [0.25, 0.3) is 0 Å². The van der Waals surface area contributed by atoms with Crippen molar-refractivity contribution in [2.24, 2.45) is 12.8 Å². The van der Waals surface area contributed by atoms with Gasteiger partial charge in [0.05, 0.1) is 11.7 Å². The van der Waals surface area contributed by atoms with Gasteiger partial charge in [-0.2, -0.15) is 5.10 Å². The summed E-state index contributed by atoms with van der Waals surface area (Å²) in [6.07, 6.45) is 1.78. The highest BCUT2D eigenvalue weighted by molar-refractivity contribution is 5.85. The van der Waals surface area contributed by atoms with E-state index in [4.69, 9.17) is 5.73 Å². The molecule has 0 saturated carbocycles. The number of carbonyl (C=O) groups is 1. The predicted molar refractivity (Wildman–Crippen MR) is 74.7 cm³/mol. The van der Waals surface area contributed by atoms with Gasteiger partial charge in [0, 0.05) is 24.8 Å². The van der Waals surface area contributed by atoms with Crippen molar-refractivity contribution >= 4 is 18.3 Å². The first-order chi connectivity index (χ1) is 8.01. The quantitative estimate of drug-likeness (QED) is 0.839. The molecule has 1 heterocycles. The van der Waals surface area contributed by atoms with Gasteiger partial charge in [-0.1, -0.05) is 13.8 Å².